The monoisotopic (exact) mass is 341 g/mol. The van der Waals surface area contributed by atoms with Crippen molar-refractivity contribution in [2.24, 2.45) is 0 Å². The van der Waals surface area contributed by atoms with E-state index in [9.17, 15) is 0 Å². The molecule has 1 aromatic heterocycles. The highest BCUT2D eigenvalue weighted by Crippen LogP contribution is 2.12. The molecular formula is C22H24BN3. The molecule has 0 aliphatic carbocycles. The molecule has 3 nitrogen and oxygen atoms in total. The summed E-state index contributed by atoms with van der Waals surface area (Å²) in [7, 11) is 0. The lowest BCUT2D eigenvalue weighted by molar-refractivity contribution is 0.830. The first-order valence-corrected chi connectivity index (χ1v) is 8.75. The number of nitrogens with zero attached hydrogens (tertiary/aromatic N) is 3. The van der Waals surface area contributed by atoms with Crippen LogP contribution in [-0.4, -0.2) is 16.3 Å². The molecule has 26 heavy (non-hydrogen) atoms. The van der Waals surface area contributed by atoms with Gasteiger partial charge in [0.2, 0.25) is 6.71 Å². The van der Waals surface area contributed by atoms with E-state index >= 15 is 0 Å². The first-order chi connectivity index (χ1) is 12.7. The van der Waals surface area contributed by atoms with E-state index in [1.54, 1.807) is 23.3 Å². The first-order valence-electron chi connectivity index (χ1n) is 8.75. The van der Waals surface area contributed by atoms with Crippen molar-refractivity contribution in [2.75, 3.05) is 0 Å². The van der Waals surface area contributed by atoms with Gasteiger partial charge in [-0.3, -0.25) is 0 Å². The number of benzene rings is 2. The van der Waals surface area contributed by atoms with Gasteiger partial charge in [0.25, 0.3) is 0 Å². The normalized spacial score (nSPS) is 9.77. The maximum absolute atomic E-state index is 8.14. The van der Waals surface area contributed by atoms with Crippen LogP contribution in [-0.2, 0) is 6.54 Å². The Balaban J connectivity index is 0.000000254. The van der Waals surface area contributed by atoms with E-state index in [-0.39, 0.29) is 6.71 Å². The van der Waals surface area contributed by atoms with Gasteiger partial charge < -0.3 is 4.57 Å². The van der Waals surface area contributed by atoms with Crippen LogP contribution in [0.3, 0.4) is 0 Å². The molecule has 0 saturated heterocycles. The van der Waals surface area contributed by atoms with E-state index in [4.69, 9.17) is 5.26 Å². The summed E-state index contributed by atoms with van der Waals surface area (Å²) < 4.78 is 1.71. The second kappa shape index (κ2) is 10.1. The Kier molecular flexibility index (Phi) is 7.45. The Labute approximate surface area is 156 Å². The van der Waals surface area contributed by atoms with E-state index in [1.165, 1.54) is 16.5 Å². The van der Waals surface area contributed by atoms with E-state index in [1.807, 2.05) is 18.1 Å². The van der Waals surface area contributed by atoms with Gasteiger partial charge in [0.05, 0.1) is 12.4 Å². The largest absolute Gasteiger partial charge is 0.324 e. The first kappa shape index (κ1) is 19.3. The zero-order valence-electron chi connectivity index (χ0n) is 15.4. The van der Waals surface area contributed by atoms with Gasteiger partial charge in [0, 0.05) is 12.4 Å². The minimum Gasteiger partial charge on any atom is -0.324 e. The van der Waals surface area contributed by atoms with Crippen molar-refractivity contribution < 1.29 is 0 Å². The van der Waals surface area contributed by atoms with Crippen LogP contribution in [0.2, 0.25) is 0 Å². The molecule has 0 aliphatic rings. The molecule has 0 saturated carbocycles. The summed E-state index contributed by atoms with van der Waals surface area (Å²) in [5.41, 5.74) is 3.99. The van der Waals surface area contributed by atoms with E-state index in [0.717, 1.165) is 0 Å². The highest BCUT2D eigenvalue weighted by Gasteiger charge is 2.14. The van der Waals surface area contributed by atoms with Crippen molar-refractivity contribution in [3.63, 3.8) is 0 Å². The molecule has 4 heteroatoms. The molecule has 130 valence electrons. The Morgan fingerprint density at radius 1 is 1.12 bits per heavy atom. The fourth-order valence-corrected chi connectivity index (χ4v) is 2.68. The Morgan fingerprint density at radius 2 is 1.77 bits per heavy atom. The van der Waals surface area contributed by atoms with Gasteiger partial charge in [-0.2, -0.15) is 5.26 Å². The smallest absolute Gasteiger partial charge is 0.233 e. The second-order valence-electron chi connectivity index (χ2n) is 6.34. The molecule has 0 spiro atoms. The van der Waals surface area contributed by atoms with Gasteiger partial charge in [-0.25, -0.2) is 4.98 Å². The van der Waals surface area contributed by atoms with Crippen LogP contribution in [0.5, 0.6) is 0 Å². The van der Waals surface area contributed by atoms with Crippen LogP contribution in [0, 0.1) is 11.3 Å². The Morgan fingerprint density at radius 3 is 2.27 bits per heavy atom. The summed E-state index contributed by atoms with van der Waals surface area (Å²) >= 11 is 0. The fourth-order valence-electron chi connectivity index (χ4n) is 2.68. The lowest BCUT2D eigenvalue weighted by Gasteiger charge is -2.12. The van der Waals surface area contributed by atoms with Crippen molar-refractivity contribution in [1.82, 2.24) is 9.55 Å². The number of nitriles is 1. The summed E-state index contributed by atoms with van der Waals surface area (Å²) in [6.45, 7) is 9.08. The molecule has 0 amide bonds. The van der Waals surface area contributed by atoms with Gasteiger partial charge in [-0.05, 0) is 11.5 Å². The summed E-state index contributed by atoms with van der Waals surface area (Å²) in [4.78, 5) is 3.75. The molecular weight excluding hydrogens is 317 g/mol. The van der Waals surface area contributed by atoms with Gasteiger partial charge in [-0.15, -0.1) is 12.6 Å². The third kappa shape index (κ3) is 5.49. The third-order valence-corrected chi connectivity index (χ3v) is 4.17. The molecule has 0 N–H and O–H groups in total. The third-order valence-electron chi connectivity index (χ3n) is 4.17. The molecule has 0 fully saturated rings. The predicted octanol–water partition coefficient (Wildman–Crippen LogP) is 3.55. The van der Waals surface area contributed by atoms with Crippen LogP contribution < -0.4 is 10.9 Å². The van der Waals surface area contributed by atoms with E-state index in [2.05, 4.69) is 73.9 Å². The lowest BCUT2D eigenvalue weighted by Crippen LogP contribution is -2.40. The lowest BCUT2D eigenvalue weighted by atomic mass is 9.41. The zero-order chi connectivity index (χ0) is 18.8. The standard InChI is InChI=1S/C17H19B.C5H5N3/c1-4-18(16-8-6-5-7-9-16)17-12-10-15(11-13-17)14(2)3;6-1-3-8-4-2-7-5-8/h4-14H,1H2,2-3H3;2,4-5H,3H2. The van der Waals surface area contributed by atoms with Crippen LogP contribution >= 0.6 is 0 Å². The second-order valence-corrected chi connectivity index (χ2v) is 6.34. The zero-order valence-corrected chi connectivity index (χ0v) is 15.4. The van der Waals surface area contributed by atoms with Crippen LogP contribution in [0.15, 0.2) is 85.9 Å². The van der Waals surface area contributed by atoms with E-state index < -0.39 is 0 Å². The number of imidazole rings is 1. The van der Waals surface area contributed by atoms with E-state index in [0.29, 0.717) is 12.5 Å². The SMILES string of the molecule is C=CB(c1ccccc1)c1ccc(C(C)C)cc1.N#CCn1ccnc1. The fraction of sp³-hybridized carbons (Fsp3) is 0.182. The van der Waals surface area contributed by atoms with Gasteiger partial charge in [0.1, 0.15) is 6.54 Å². The van der Waals surface area contributed by atoms with Crippen molar-refractivity contribution >= 4 is 17.6 Å². The molecule has 0 bridgehead atoms. The average Bonchev–Trinajstić information content (AvgIpc) is 3.18. The van der Waals surface area contributed by atoms with Crippen LogP contribution in [0.4, 0.5) is 0 Å². The molecule has 1 heterocycles. The van der Waals surface area contributed by atoms with Crippen LogP contribution in [0.1, 0.15) is 25.3 Å². The molecule has 0 aliphatic heterocycles. The molecule has 0 radical (unpaired) electrons. The number of hydrogen-bond donors (Lipinski definition) is 0. The number of hydrogen-bond acceptors (Lipinski definition) is 2. The maximum atomic E-state index is 8.14. The maximum Gasteiger partial charge on any atom is 0.233 e. The minimum atomic E-state index is 0.285. The van der Waals surface area contributed by atoms with Crippen molar-refractivity contribution in [1.29, 1.82) is 5.26 Å². The van der Waals surface area contributed by atoms with Gasteiger partial charge >= 0.3 is 0 Å². The van der Waals surface area contributed by atoms with Gasteiger partial charge in [-0.1, -0.05) is 79.4 Å². The van der Waals surface area contributed by atoms with Gasteiger partial charge in [0.15, 0.2) is 0 Å². The molecule has 0 unspecified atom stereocenters. The predicted molar refractivity (Wildman–Crippen MR) is 110 cm³/mol. The summed E-state index contributed by atoms with van der Waals surface area (Å²) in [6.07, 6.45) is 5.02. The topological polar surface area (TPSA) is 41.6 Å². The highest BCUT2D eigenvalue weighted by molar-refractivity contribution is 6.89. The summed E-state index contributed by atoms with van der Waals surface area (Å²) in [5, 5.41) is 8.14. The summed E-state index contributed by atoms with van der Waals surface area (Å²) in [5.74, 6) is 2.60. The highest BCUT2D eigenvalue weighted by atomic mass is 15.0. The van der Waals surface area contributed by atoms with Crippen molar-refractivity contribution in [3.05, 3.63) is 91.4 Å². The van der Waals surface area contributed by atoms with Crippen LogP contribution in [0.25, 0.3) is 0 Å². The quantitative estimate of drug-likeness (QED) is 0.666. The Bertz CT molecular complexity index is 816. The molecule has 3 rings (SSSR count). The van der Waals surface area contributed by atoms with Crippen molar-refractivity contribution in [3.8, 4) is 6.07 Å². The molecule has 3 aromatic rings. The Hall–Kier alpha value is -3.06. The molecule has 2 aromatic carbocycles. The number of aromatic nitrogens is 2. The molecule has 0 atom stereocenters. The van der Waals surface area contributed by atoms with Crippen molar-refractivity contribution in [2.45, 2.75) is 26.3 Å². The number of rotatable bonds is 5. The minimum absolute atomic E-state index is 0.285. The average molecular weight is 341 g/mol. The summed E-state index contributed by atoms with van der Waals surface area (Å²) in [6, 6.07) is 21.4.